The van der Waals surface area contributed by atoms with E-state index in [9.17, 15) is 13.2 Å². The van der Waals surface area contributed by atoms with Crippen LogP contribution < -0.4 is 4.18 Å². The summed E-state index contributed by atoms with van der Waals surface area (Å²) in [6.45, 7) is 2.24. The highest BCUT2D eigenvalue weighted by atomic mass is 32.2. The molecule has 0 aliphatic carbocycles. The summed E-state index contributed by atoms with van der Waals surface area (Å²) in [6.07, 6.45) is 0.966. The van der Waals surface area contributed by atoms with E-state index in [0.29, 0.717) is 17.6 Å². The van der Waals surface area contributed by atoms with Crippen molar-refractivity contribution < 1.29 is 26.9 Å². The Morgan fingerprint density at radius 2 is 1.96 bits per heavy atom. The number of carbonyl (C=O) groups excluding carboxylic acids is 1. The van der Waals surface area contributed by atoms with Gasteiger partial charge in [0, 0.05) is 30.8 Å². The number of carbonyl (C=O) groups is 1. The maximum atomic E-state index is 12.3. The number of aromatic nitrogens is 1. The van der Waals surface area contributed by atoms with Gasteiger partial charge in [0.2, 0.25) is 0 Å². The number of esters is 1. The van der Waals surface area contributed by atoms with Gasteiger partial charge in [0.1, 0.15) is 12.4 Å². The maximum Gasteiger partial charge on any atom is 0.340 e. The van der Waals surface area contributed by atoms with Crippen LogP contribution in [0.3, 0.4) is 0 Å². The van der Waals surface area contributed by atoms with Crippen molar-refractivity contribution in [3.8, 4) is 5.75 Å². The van der Waals surface area contributed by atoms with Crippen LogP contribution in [0.4, 0.5) is 0 Å². The van der Waals surface area contributed by atoms with Crippen LogP contribution in [0.25, 0.3) is 10.9 Å². The van der Waals surface area contributed by atoms with E-state index in [1.54, 1.807) is 19.1 Å². The van der Waals surface area contributed by atoms with Gasteiger partial charge in [0.25, 0.3) is 0 Å². The van der Waals surface area contributed by atoms with Crippen LogP contribution in [0.2, 0.25) is 0 Å². The zero-order valence-electron chi connectivity index (χ0n) is 13.5. The van der Waals surface area contributed by atoms with Gasteiger partial charge >= 0.3 is 16.1 Å². The first kappa shape index (κ1) is 17.3. The van der Waals surface area contributed by atoms with Crippen LogP contribution in [0.15, 0.2) is 18.2 Å². The highest BCUT2D eigenvalue weighted by molar-refractivity contribution is 7.86. The molecule has 8 heteroatoms. The number of ether oxygens (including phenoxy) is 2. The molecule has 0 N–H and O–H groups in total. The fourth-order valence-electron chi connectivity index (χ4n) is 2.33. The van der Waals surface area contributed by atoms with Gasteiger partial charge in [-0.05, 0) is 25.1 Å². The van der Waals surface area contributed by atoms with E-state index in [2.05, 4.69) is 0 Å². The molecule has 0 amide bonds. The number of methoxy groups -OCH3 is 1. The molecular weight excluding hydrogens is 322 g/mol. The summed E-state index contributed by atoms with van der Waals surface area (Å²) >= 11 is 0. The Labute approximate surface area is 134 Å². The lowest BCUT2D eigenvalue weighted by Crippen LogP contribution is -2.11. The van der Waals surface area contributed by atoms with Crippen LogP contribution in [-0.4, -0.2) is 45.5 Å². The summed E-state index contributed by atoms with van der Waals surface area (Å²) < 4.78 is 39.3. The van der Waals surface area contributed by atoms with Crippen LogP contribution in [0.5, 0.6) is 5.75 Å². The Bertz CT molecular complexity index is 837. The summed E-state index contributed by atoms with van der Waals surface area (Å²) in [5.74, 6) is -0.335. The minimum atomic E-state index is -3.64. The molecule has 23 heavy (non-hydrogen) atoms. The average molecular weight is 341 g/mol. The number of hydrogen-bond donors (Lipinski definition) is 0. The van der Waals surface area contributed by atoms with Crippen LogP contribution in [0.1, 0.15) is 16.1 Å². The van der Waals surface area contributed by atoms with Crippen molar-refractivity contribution >= 4 is 27.0 Å². The molecular formula is C15H19NO6S. The lowest BCUT2D eigenvalue weighted by atomic mass is 10.1. The van der Waals surface area contributed by atoms with Crippen molar-refractivity contribution in [3.05, 3.63) is 29.5 Å². The van der Waals surface area contributed by atoms with Crippen molar-refractivity contribution in [1.82, 2.24) is 4.57 Å². The Balaban J connectivity index is 2.48. The molecule has 2 aromatic rings. The highest BCUT2D eigenvalue weighted by Gasteiger charge is 2.21. The van der Waals surface area contributed by atoms with Crippen molar-refractivity contribution in [2.75, 3.05) is 26.6 Å². The lowest BCUT2D eigenvalue weighted by Gasteiger charge is -2.05. The molecule has 0 saturated heterocycles. The molecule has 1 aromatic carbocycles. The van der Waals surface area contributed by atoms with E-state index in [-0.39, 0.29) is 12.4 Å². The van der Waals surface area contributed by atoms with Crippen LogP contribution in [-0.2, 0) is 26.6 Å². The third-order valence-corrected chi connectivity index (χ3v) is 3.93. The molecule has 0 atom stereocenters. The fourth-order valence-corrected chi connectivity index (χ4v) is 2.78. The summed E-state index contributed by atoms with van der Waals surface area (Å²) in [6, 6.07) is 4.77. The summed E-state index contributed by atoms with van der Waals surface area (Å²) in [5.41, 5.74) is 1.89. The largest absolute Gasteiger partial charge is 0.460 e. The summed E-state index contributed by atoms with van der Waals surface area (Å²) in [5, 5.41) is 0.577. The molecule has 1 aromatic heterocycles. The van der Waals surface area contributed by atoms with Crippen molar-refractivity contribution in [3.63, 3.8) is 0 Å². The van der Waals surface area contributed by atoms with E-state index in [1.807, 2.05) is 11.6 Å². The Morgan fingerprint density at radius 3 is 2.57 bits per heavy atom. The summed E-state index contributed by atoms with van der Waals surface area (Å²) in [7, 11) is -0.300. The third kappa shape index (κ3) is 3.83. The van der Waals surface area contributed by atoms with E-state index in [0.717, 1.165) is 17.5 Å². The number of nitrogens with zero attached hydrogens (tertiary/aromatic N) is 1. The smallest absolute Gasteiger partial charge is 0.340 e. The topological polar surface area (TPSA) is 83.8 Å². The minimum Gasteiger partial charge on any atom is -0.460 e. The van der Waals surface area contributed by atoms with E-state index in [4.69, 9.17) is 13.7 Å². The monoisotopic (exact) mass is 341 g/mol. The number of benzene rings is 1. The first-order valence-electron chi connectivity index (χ1n) is 6.89. The Hall–Kier alpha value is -2.06. The van der Waals surface area contributed by atoms with Crippen LogP contribution in [0, 0.1) is 6.92 Å². The molecule has 0 bridgehead atoms. The zero-order chi connectivity index (χ0) is 17.2. The molecule has 0 radical (unpaired) electrons. The lowest BCUT2D eigenvalue weighted by molar-refractivity contribution is 0.0389. The second-order valence-electron chi connectivity index (χ2n) is 5.11. The molecule has 7 nitrogen and oxygen atoms in total. The molecule has 0 saturated carbocycles. The van der Waals surface area contributed by atoms with Gasteiger partial charge in [0.15, 0.2) is 0 Å². The second kappa shape index (κ2) is 6.59. The van der Waals surface area contributed by atoms with Gasteiger partial charge in [-0.25, -0.2) is 4.79 Å². The predicted octanol–water partition coefficient (Wildman–Crippen LogP) is 1.63. The fraction of sp³-hybridized carbons (Fsp3) is 0.400. The maximum absolute atomic E-state index is 12.3. The average Bonchev–Trinajstić information content (AvgIpc) is 2.69. The molecule has 126 valence electrons. The summed E-state index contributed by atoms with van der Waals surface area (Å²) in [4.78, 5) is 12.3. The van der Waals surface area contributed by atoms with E-state index >= 15 is 0 Å². The first-order chi connectivity index (χ1) is 10.7. The van der Waals surface area contributed by atoms with E-state index < -0.39 is 16.1 Å². The standard InChI is InChI=1S/C15H19NO6S/c1-10-14(15(17)21-8-7-20-3)12-9-11(22-23(4,18)19)5-6-13(12)16(10)2/h5-6,9H,7-8H2,1-4H3. The van der Waals surface area contributed by atoms with Gasteiger partial charge in [-0.15, -0.1) is 0 Å². The predicted molar refractivity (Wildman–Crippen MR) is 85.3 cm³/mol. The van der Waals surface area contributed by atoms with Crippen molar-refractivity contribution in [1.29, 1.82) is 0 Å². The zero-order valence-corrected chi connectivity index (χ0v) is 14.3. The van der Waals surface area contributed by atoms with Gasteiger partial charge in [-0.1, -0.05) is 0 Å². The van der Waals surface area contributed by atoms with E-state index in [1.165, 1.54) is 13.2 Å². The first-order valence-corrected chi connectivity index (χ1v) is 8.71. The second-order valence-corrected chi connectivity index (χ2v) is 6.69. The molecule has 1 heterocycles. The molecule has 0 unspecified atom stereocenters. The normalized spacial score (nSPS) is 11.7. The molecule has 0 aliphatic heterocycles. The number of aryl methyl sites for hydroxylation is 1. The minimum absolute atomic E-state index is 0.144. The third-order valence-electron chi connectivity index (χ3n) is 3.44. The quantitative estimate of drug-likeness (QED) is 0.451. The van der Waals surface area contributed by atoms with Gasteiger partial charge < -0.3 is 18.2 Å². The van der Waals surface area contributed by atoms with Gasteiger partial charge in [-0.3, -0.25) is 0 Å². The Morgan fingerprint density at radius 1 is 1.26 bits per heavy atom. The van der Waals surface area contributed by atoms with Crippen molar-refractivity contribution in [2.45, 2.75) is 6.92 Å². The highest BCUT2D eigenvalue weighted by Crippen LogP contribution is 2.29. The van der Waals surface area contributed by atoms with Crippen molar-refractivity contribution in [2.24, 2.45) is 7.05 Å². The molecule has 0 fully saturated rings. The van der Waals surface area contributed by atoms with Gasteiger partial charge in [0.05, 0.1) is 18.4 Å². The number of hydrogen-bond acceptors (Lipinski definition) is 6. The molecule has 0 aliphatic rings. The molecule has 2 rings (SSSR count). The SMILES string of the molecule is COCCOC(=O)c1c(C)n(C)c2ccc(OS(C)(=O)=O)cc12. The van der Waals surface area contributed by atoms with Crippen LogP contribution >= 0.6 is 0 Å². The molecule has 0 spiro atoms. The number of rotatable bonds is 6. The Kier molecular flexibility index (Phi) is 4.96. The number of fused-ring (bicyclic) bond motifs is 1. The van der Waals surface area contributed by atoms with Gasteiger partial charge in [-0.2, -0.15) is 8.42 Å².